The summed E-state index contributed by atoms with van der Waals surface area (Å²) < 4.78 is 10.7. The largest absolute Gasteiger partial charge is 0.497 e. The van der Waals surface area contributed by atoms with E-state index in [-0.39, 0.29) is 5.82 Å². The molecule has 1 heterocycles. The Morgan fingerprint density at radius 3 is 2.12 bits per heavy atom. The lowest BCUT2D eigenvalue weighted by molar-refractivity contribution is 0.394. The molecule has 0 saturated carbocycles. The highest BCUT2D eigenvalue weighted by molar-refractivity contribution is 6.30. The summed E-state index contributed by atoms with van der Waals surface area (Å²) in [6.45, 7) is 0. The zero-order valence-corrected chi connectivity index (χ0v) is 15.0. The van der Waals surface area contributed by atoms with Gasteiger partial charge in [0.2, 0.25) is 0 Å². The van der Waals surface area contributed by atoms with Gasteiger partial charge in [0.25, 0.3) is 0 Å². The van der Waals surface area contributed by atoms with Gasteiger partial charge < -0.3 is 15.2 Å². The van der Waals surface area contributed by atoms with E-state index >= 15 is 0 Å². The van der Waals surface area contributed by atoms with Crippen molar-refractivity contribution in [2.75, 3.05) is 20.0 Å². The molecule has 0 aliphatic carbocycles. The fraction of sp³-hybridized carbons (Fsp3) is 0.100. The van der Waals surface area contributed by atoms with Crippen LogP contribution in [0.25, 0.3) is 22.4 Å². The molecule has 26 heavy (non-hydrogen) atoms. The van der Waals surface area contributed by atoms with Crippen molar-refractivity contribution in [3.05, 3.63) is 59.1 Å². The number of anilines is 1. The Balaban J connectivity index is 2.23. The lowest BCUT2D eigenvalue weighted by atomic mass is 9.98. The predicted octanol–water partition coefficient (Wildman–Crippen LogP) is 4.54. The second kappa shape index (κ2) is 7.34. The molecule has 0 atom stereocenters. The van der Waals surface area contributed by atoms with E-state index < -0.39 is 0 Å². The van der Waals surface area contributed by atoms with Crippen LogP contribution in [0.2, 0.25) is 5.02 Å². The first-order valence-electron chi connectivity index (χ1n) is 7.75. The van der Waals surface area contributed by atoms with Crippen molar-refractivity contribution in [3.8, 4) is 40.0 Å². The molecule has 0 radical (unpaired) electrons. The molecule has 3 aromatic rings. The molecule has 0 bridgehead atoms. The highest BCUT2D eigenvalue weighted by atomic mass is 35.5. The van der Waals surface area contributed by atoms with Crippen molar-refractivity contribution in [2.45, 2.75) is 0 Å². The maximum atomic E-state index is 9.56. The minimum atomic E-state index is 0.164. The van der Waals surface area contributed by atoms with Crippen LogP contribution in [0.4, 0.5) is 5.82 Å². The van der Waals surface area contributed by atoms with Crippen molar-refractivity contribution in [1.29, 1.82) is 5.26 Å². The summed E-state index contributed by atoms with van der Waals surface area (Å²) in [4.78, 5) is 4.36. The monoisotopic (exact) mass is 365 g/mol. The highest BCUT2D eigenvalue weighted by Gasteiger charge is 2.15. The molecule has 0 aliphatic rings. The van der Waals surface area contributed by atoms with E-state index in [1.165, 1.54) is 0 Å². The average molecular weight is 366 g/mol. The van der Waals surface area contributed by atoms with E-state index in [0.717, 1.165) is 11.1 Å². The number of halogens is 1. The third-order valence-corrected chi connectivity index (χ3v) is 4.21. The van der Waals surface area contributed by atoms with Gasteiger partial charge in [-0.05, 0) is 35.9 Å². The number of ether oxygens (including phenoxy) is 2. The highest BCUT2D eigenvalue weighted by Crippen LogP contribution is 2.35. The summed E-state index contributed by atoms with van der Waals surface area (Å²) in [6, 6.07) is 16.6. The quantitative estimate of drug-likeness (QED) is 0.734. The number of hydrogen-bond donors (Lipinski definition) is 1. The molecular weight excluding hydrogens is 350 g/mol. The van der Waals surface area contributed by atoms with Crippen molar-refractivity contribution in [1.82, 2.24) is 4.98 Å². The summed E-state index contributed by atoms with van der Waals surface area (Å²) in [5.74, 6) is 1.40. The van der Waals surface area contributed by atoms with Gasteiger partial charge in [0, 0.05) is 22.2 Å². The first-order chi connectivity index (χ1) is 12.5. The molecule has 2 aromatic carbocycles. The Kier molecular flexibility index (Phi) is 4.97. The number of rotatable bonds is 4. The minimum absolute atomic E-state index is 0.164. The van der Waals surface area contributed by atoms with Gasteiger partial charge in [-0.15, -0.1) is 0 Å². The Labute approximate surface area is 156 Å². The molecule has 0 fully saturated rings. The smallest absolute Gasteiger partial charge is 0.142 e. The zero-order chi connectivity index (χ0) is 18.7. The third kappa shape index (κ3) is 3.41. The van der Waals surface area contributed by atoms with Crippen LogP contribution in [0.15, 0.2) is 48.5 Å². The number of benzene rings is 2. The van der Waals surface area contributed by atoms with Crippen molar-refractivity contribution < 1.29 is 9.47 Å². The number of aromatic nitrogens is 1. The van der Waals surface area contributed by atoms with Crippen LogP contribution < -0.4 is 15.2 Å². The van der Waals surface area contributed by atoms with Crippen molar-refractivity contribution in [2.24, 2.45) is 0 Å². The Hall–Kier alpha value is -3.23. The molecule has 6 heteroatoms. The van der Waals surface area contributed by atoms with Crippen LogP contribution >= 0.6 is 11.6 Å². The second-order valence-electron chi connectivity index (χ2n) is 5.54. The molecule has 0 spiro atoms. The van der Waals surface area contributed by atoms with E-state index in [4.69, 9.17) is 26.8 Å². The van der Waals surface area contributed by atoms with E-state index in [1.807, 2.05) is 30.3 Å². The Bertz CT molecular complexity index is 973. The number of methoxy groups -OCH3 is 2. The summed E-state index contributed by atoms with van der Waals surface area (Å²) >= 11 is 5.96. The molecule has 0 saturated heterocycles. The number of nitriles is 1. The van der Waals surface area contributed by atoms with E-state index in [9.17, 15) is 5.26 Å². The lowest BCUT2D eigenvalue weighted by Gasteiger charge is -2.13. The number of nitrogens with two attached hydrogens (primary N) is 1. The van der Waals surface area contributed by atoms with Gasteiger partial charge in [0.05, 0.1) is 19.9 Å². The first-order valence-corrected chi connectivity index (χ1v) is 8.13. The van der Waals surface area contributed by atoms with Crippen molar-refractivity contribution >= 4 is 17.4 Å². The first kappa shape index (κ1) is 17.6. The van der Waals surface area contributed by atoms with Gasteiger partial charge in [0.15, 0.2) is 0 Å². The van der Waals surface area contributed by atoms with Crippen LogP contribution in [0.3, 0.4) is 0 Å². The van der Waals surface area contributed by atoms with Crippen LogP contribution in [0.1, 0.15) is 5.56 Å². The number of nitrogen functional groups attached to an aromatic ring is 1. The van der Waals surface area contributed by atoms with Gasteiger partial charge in [-0.25, -0.2) is 4.98 Å². The minimum Gasteiger partial charge on any atom is -0.497 e. The van der Waals surface area contributed by atoms with E-state index in [1.54, 1.807) is 32.4 Å². The maximum Gasteiger partial charge on any atom is 0.142 e. The molecule has 0 aliphatic heterocycles. The van der Waals surface area contributed by atoms with Crippen LogP contribution in [0.5, 0.6) is 11.5 Å². The van der Waals surface area contributed by atoms with E-state index in [2.05, 4.69) is 11.1 Å². The maximum absolute atomic E-state index is 9.56. The molecule has 5 nitrogen and oxygen atoms in total. The Morgan fingerprint density at radius 1 is 0.962 bits per heavy atom. The molecule has 2 N–H and O–H groups in total. The fourth-order valence-electron chi connectivity index (χ4n) is 2.64. The zero-order valence-electron chi connectivity index (χ0n) is 14.3. The summed E-state index contributed by atoms with van der Waals surface area (Å²) in [6.07, 6.45) is 0. The Morgan fingerprint density at radius 2 is 1.58 bits per heavy atom. The molecular formula is C20H16ClN3O2. The van der Waals surface area contributed by atoms with Crippen LogP contribution in [-0.2, 0) is 0 Å². The predicted molar refractivity (Wildman–Crippen MR) is 102 cm³/mol. The standard InChI is InChI=1S/C20H16ClN3O2/c1-25-15-7-13(8-16(9-15)26-2)17-10-19(24-20(23)18(17)11-22)12-3-5-14(21)6-4-12/h3-10H,1-2H3,(H2,23,24). The topological polar surface area (TPSA) is 81.2 Å². The fourth-order valence-corrected chi connectivity index (χ4v) is 2.77. The summed E-state index contributed by atoms with van der Waals surface area (Å²) in [7, 11) is 3.15. The van der Waals surface area contributed by atoms with E-state index in [0.29, 0.717) is 33.3 Å². The van der Waals surface area contributed by atoms with Gasteiger partial charge >= 0.3 is 0 Å². The third-order valence-electron chi connectivity index (χ3n) is 3.96. The molecule has 0 amide bonds. The van der Waals surface area contributed by atoms with Gasteiger partial charge in [-0.3, -0.25) is 0 Å². The number of nitrogens with zero attached hydrogens (tertiary/aromatic N) is 2. The van der Waals surface area contributed by atoms with Gasteiger partial charge in [-0.2, -0.15) is 5.26 Å². The van der Waals surface area contributed by atoms with Gasteiger partial charge in [-0.1, -0.05) is 23.7 Å². The van der Waals surface area contributed by atoms with Crippen molar-refractivity contribution in [3.63, 3.8) is 0 Å². The van der Waals surface area contributed by atoms with Gasteiger partial charge in [0.1, 0.15) is 28.9 Å². The molecule has 0 unspecified atom stereocenters. The summed E-state index contributed by atoms with van der Waals surface area (Å²) in [5, 5.41) is 10.2. The molecule has 3 rings (SSSR count). The SMILES string of the molecule is COc1cc(OC)cc(-c2cc(-c3ccc(Cl)cc3)nc(N)c2C#N)c1. The average Bonchev–Trinajstić information content (AvgIpc) is 2.67. The molecule has 1 aromatic heterocycles. The second-order valence-corrected chi connectivity index (χ2v) is 5.97. The van der Waals surface area contributed by atoms with Crippen LogP contribution in [0, 0.1) is 11.3 Å². The lowest BCUT2D eigenvalue weighted by Crippen LogP contribution is -2.00. The van der Waals surface area contributed by atoms with Crippen LogP contribution in [-0.4, -0.2) is 19.2 Å². The normalized spacial score (nSPS) is 10.2. The molecule has 130 valence electrons. The number of hydrogen-bond acceptors (Lipinski definition) is 5. The summed E-state index contributed by atoms with van der Waals surface area (Å²) in [5.41, 5.74) is 9.26. The number of pyridine rings is 1.